The summed E-state index contributed by atoms with van der Waals surface area (Å²) in [4.78, 5) is 0. The molecule has 1 heteroatoms. The first kappa shape index (κ1) is 38.7. The molecule has 1 fully saturated rings. The standard InChI is InChI=1S/C29H37.C21H14.C5H5.Zr/c1-18-25-22-17-19-13-9-10-14-20(19)24(22)21-15-11-12-16-23(21)29(25,8)28(6,7)27(4,5)26(18,2)3;1-3-7-20-14-16(9-11-18(20)5-1)13-17-10-12-19-6-2-4-8-21(19)15-17;1-2-4-5-3-1;/h9-11,13-15,23H,12,16-17H2,1-8H3;1-12,14-15H;1-5H;/q-1;;-1;+2. The molecule has 0 saturated heterocycles. The van der Waals surface area contributed by atoms with Crippen molar-refractivity contribution in [2.24, 2.45) is 27.6 Å². The molecule has 4 aliphatic carbocycles. The molecule has 56 heavy (non-hydrogen) atoms. The minimum atomic E-state index is 0.164. The molecule has 0 aliphatic heterocycles. The molecule has 2 unspecified atom stereocenters. The minimum absolute atomic E-state index is 0.164. The minimum Gasteiger partial charge on any atom is -0.214 e. The van der Waals surface area contributed by atoms with Gasteiger partial charge in [0.15, 0.2) is 0 Å². The Bertz CT molecular complexity index is 2430. The smallest absolute Gasteiger partial charge is 0.172 e. The van der Waals surface area contributed by atoms with E-state index in [0.29, 0.717) is 5.92 Å². The summed E-state index contributed by atoms with van der Waals surface area (Å²) in [5, 5.41) is 5.21. The van der Waals surface area contributed by atoms with Gasteiger partial charge in [0.2, 0.25) is 0 Å². The van der Waals surface area contributed by atoms with Gasteiger partial charge in [-0.2, -0.15) is 29.3 Å². The van der Waals surface area contributed by atoms with Crippen LogP contribution in [0.3, 0.4) is 0 Å². The summed E-state index contributed by atoms with van der Waals surface area (Å²) in [6, 6.07) is 49.8. The number of allylic oxidation sites excluding steroid dienone is 6. The van der Waals surface area contributed by atoms with Crippen LogP contribution in [-0.4, -0.2) is 3.21 Å². The molecular weight excluding hydrogens is 752 g/mol. The predicted molar refractivity (Wildman–Crippen MR) is 237 cm³/mol. The molecule has 0 N–H and O–H groups in total. The number of hydrogen-bond acceptors (Lipinski definition) is 0. The molecule has 1 saturated carbocycles. The van der Waals surface area contributed by atoms with Crippen molar-refractivity contribution in [1.82, 2.24) is 0 Å². The maximum Gasteiger partial charge on any atom is -0.172 e. The Balaban J connectivity index is 0.000000144. The van der Waals surface area contributed by atoms with Gasteiger partial charge in [0, 0.05) is 0 Å². The maximum absolute atomic E-state index is 2.62. The summed E-state index contributed by atoms with van der Waals surface area (Å²) in [7, 11) is 0. The van der Waals surface area contributed by atoms with E-state index in [9.17, 15) is 0 Å². The van der Waals surface area contributed by atoms with Gasteiger partial charge >= 0.3 is 145 Å². The van der Waals surface area contributed by atoms with Crippen LogP contribution in [0.4, 0.5) is 0 Å². The first-order valence-corrected chi connectivity index (χ1v) is 21.8. The molecule has 0 radical (unpaired) electrons. The second-order valence-electron chi connectivity index (χ2n) is 18.2. The van der Waals surface area contributed by atoms with Crippen molar-refractivity contribution in [2.45, 2.75) is 74.7 Å². The third-order valence-electron chi connectivity index (χ3n) is 15.4. The molecule has 0 spiro atoms. The van der Waals surface area contributed by atoms with E-state index >= 15 is 0 Å². The van der Waals surface area contributed by atoms with Gasteiger partial charge in [-0.05, 0) is 40.6 Å². The van der Waals surface area contributed by atoms with Gasteiger partial charge in [-0.3, -0.25) is 0 Å². The number of benzene rings is 5. The van der Waals surface area contributed by atoms with Crippen LogP contribution >= 0.6 is 0 Å². The van der Waals surface area contributed by atoms with Gasteiger partial charge in [-0.15, -0.1) is 6.92 Å². The Kier molecular flexibility index (Phi) is 10.1. The Labute approximate surface area is 351 Å². The maximum atomic E-state index is 2.62. The molecule has 0 heterocycles. The third-order valence-corrected chi connectivity index (χ3v) is 16.8. The van der Waals surface area contributed by atoms with Crippen molar-refractivity contribution < 1.29 is 24.2 Å². The Morgan fingerprint density at radius 2 is 1.21 bits per heavy atom. The number of rotatable bonds is 2. The fraction of sp³-hybridized carbons (Fsp3) is 0.291. The fourth-order valence-corrected chi connectivity index (χ4v) is 11.5. The van der Waals surface area contributed by atoms with Crippen molar-refractivity contribution in [3.05, 3.63) is 197 Å². The zero-order valence-corrected chi connectivity index (χ0v) is 37.1. The molecule has 0 amide bonds. The van der Waals surface area contributed by atoms with E-state index < -0.39 is 0 Å². The summed E-state index contributed by atoms with van der Waals surface area (Å²) in [6.07, 6.45) is 8.50. The predicted octanol–water partition coefficient (Wildman–Crippen LogP) is 14.5. The van der Waals surface area contributed by atoms with E-state index in [1.165, 1.54) is 84.1 Å². The molecular formula is C55H56Zr. The Morgan fingerprint density at radius 1 is 0.661 bits per heavy atom. The fourth-order valence-electron chi connectivity index (χ4n) is 10.7. The second-order valence-corrected chi connectivity index (χ2v) is 19.4. The third kappa shape index (κ3) is 6.07. The first-order valence-electron chi connectivity index (χ1n) is 20.6. The van der Waals surface area contributed by atoms with Crippen LogP contribution in [-0.2, 0) is 30.7 Å². The molecule has 6 aromatic rings. The zero-order valence-electron chi connectivity index (χ0n) is 34.6. The van der Waals surface area contributed by atoms with Gasteiger partial charge in [0.25, 0.3) is 0 Å². The molecule has 4 aliphatic rings. The summed E-state index contributed by atoms with van der Waals surface area (Å²) < 4.78 is 1.41. The van der Waals surface area contributed by atoms with E-state index in [2.05, 4.69) is 177 Å². The van der Waals surface area contributed by atoms with Crippen LogP contribution in [0.1, 0.15) is 90.5 Å². The van der Waals surface area contributed by atoms with Crippen molar-refractivity contribution in [3.8, 4) is 0 Å². The Morgan fingerprint density at radius 3 is 1.79 bits per heavy atom. The van der Waals surface area contributed by atoms with Crippen molar-refractivity contribution in [2.75, 3.05) is 0 Å². The van der Waals surface area contributed by atoms with Crippen molar-refractivity contribution >= 4 is 30.3 Å². The molecule has 0 bridgehead atoms. The van der Waals surface area contributed by atoms with Crippen LogP contribution in [0.5, 0.6) is 0 Å². The van der Waals surface area contributed by atoms with Crippen LogP contribution < -0.4 is 0 Å². The van der Waals surface area contributed by atoms with E-state index in [-0.39, 0.29) is 21.7 Å². The molecule has 2 atom stereocenters. The van der Waals surface area contributed by atoms with E-state index in [4.69, 9.17) is 0 Å². The monoisotopic (exact) mass is 806 g/mol. The van der Waals surface area contributed by atoms with Crippen molar-refractivity contribution in [1.29, 1.82) is 0 Å². The Hall–Kier alpha value is -4.19. The topological polar surface area (TPSA) is 0 Å². The largest absolute Gasteiger partial charge is 0.214 e. The van der Waals surface area contributed by atoms with Gasteiger partial charge in [-0.25, -0.2) is 18.1 Å². The zero-order chi connectivity index (χ0) is 39.5. The number of fused-ring (bicyclic) bond motifs is 8. The molecule has 0 aromatic heterocycles. The van der Waals surface area contributed by atoms with E-state index in [1.807, 2.05) is 30.3 Å². The normalized spacial score (nSPS) is 22.2. The summed E-state index contributed by atoms with van der Waals surface area (Å²) >= 11 is 1.44. The number of hydrogen-bond donors (Lipinski definition) is 0. The average Bonchev–Trinajstić information content (AvgIpc) is 3.93. The van der Waals surface area contributed by atoms with Crippen LogP contribution in [0.2, 0.25) is 0 Å². The summed E-state index contributed by atoms with van der Waals surface area (Å²) in [6.45, 7) is 20.3. The SMILES string of the molecule is C[C-]1C2=C3Cc4ccccc4C3=C3C=CCCC3C2(C)C(C)(C)C(C)(C)C1(C)C.[Zr+2]=[C](c1ccc2ccccc2c1)c1ccc2ccccc2c1.c1cc[cH-]c1. The average molecular weight is 808 g/mol. The second kappa shape index (κ2) is 14.6. The van der Waals surface area contributed by atoms with Gasteiger partial charge in [0.05, 0.1) is 0 Å². The summed E-state index contributed by atoms with van der Waals surface area (Å²) in [5.74, 6) is 2.24. The van der Waals surface area contributed by atoms with Crippen LogP contribution in [0.25, 0.3) is 27.1 Å². The van der Waals surface area contributed by atoms with E-state index in [1.54, 1.807) is 28.2 Å². The molecule has 0 nitrogen and oxygen atoms in total. The van der Waals surface area contributed by atoms with Gasteiger partial charge < -0.3 is 0 Å². The van der Waals surface area contributed by atoms with Crippen molar-refractivity contribution in [3.63, 3.8) is 0 Å². The molecule has 6 aromatic carbocycles. The van der Waals surface area contributed by atoms with Crippen LogP contribution in [0, 0.1) is 33.5 Å². The van der Waals surface area contributed by atoms with Gasteiger partial charge in [0.1, 0.15) is 0 Å². The molecule has 10 rings (SSSR count). The first-order chi connectivity index (χ1) is 26.8. The molecule has 280 valence electrons. The quantitative estimate of drug-likeness (QED) is 0.153. The van der Waals surface area contributed by atoms with Gasteiger partial charge in [-0.1, -0.05) is 113 Å². The van der Waals surface area contributed by atoms with E-state index in [0.717, 1.165) is 6.42 Å². The summed E-state index contributed by atoms with van der Waals surface area (Å²) in [5.41, 5.74) is 13.0. The van der Waals surface area contributed by atoms with Crippen LogP contribution in [0.15, 0.2) is 168 Å².